The molecule has 0 aliphatic carbocycles. The summed E-state index contributed by atoms with van der Waals surface area (Å²) in [5.41, 5.74) is 1.74. The fourth-order valence-electron chi connectivity index (χ4n) is 1.37. The lowest BCUT2D eigenvalue weighted by atomic mass is 10.1. The van der Waals surface area contributed by atoms with E-state index in [0.717, 1.165) is 6.42 Å². The summed E-state index contributed by atoms with van der Waals surface area (Å²) in [4.78, 5) is 12.2. The van der Waals surface area contributed by atoms with E-state index in [1.54, 1.807) is 23.5 Å². The van der Waals surface area contributed by atoms with E-state index in [9.17, 15) is 4.79 Å². The van der Waals surface area contributed by atoms with Gasteiger partial charge in [0.2, 0.25) is 0 Å². The van der Waals surface area contributed by atoms with E-state index in [1.807, 2.05) is 18.2 Å². The highest BCUT2D eigenvalue weighted by molar-refractivity contribution is 7.09. The van der Waals surface area contributed by atoms with Gasteiger partial charge in [-0.25, -0.2) is 0 Å². The van der Waals surface area contributed by atoms with Crippen molar-refractivity contribution in [2.24, 2.45) is 0 Å². The summed E-state index contributed by atoms with van der Waals surface area (Å²) in [5.74, 6) is 0. The predicted octanol–water partition coefficient (Wildman–Crippen LogP) is 3.72. The minimum absolute atomic E-state index is 0.405. The molecule has 1 nitrogen and oxygen atoms in total. The Morgan fingerprint density at radius 3 is 2.47 bits per heavy atom. The van der Waals surface area contributed by atoms with Crippen LogP contribution in [0, 0.1) is 0 Å². The van der Waals surface area contributed by atoms with E-state index in [2.05, 4.69) is 11.4 Å². The van der Waals surface area contributed by atoms with Crippen molar-refractivity contribution in [1.29, 1.82) is 0 Å². The summed E-state index contributed by atoms with van der Waals surface area (Å²) in [6, 6.07) is 11.5. The number of carbonyl (C=O) groups excluding carboxylic acids is 1. The Labute approximate surface area is 97.3 Å². The number of benzene rings is 1. The van der Waals surface area contributed by atoms with E-state index in [1.165, 1.54) is 10.4 Å². The second kappa shape index (κ2) is 4.60. The molecule has 0 unspecified atom stereocenters. The molecule has 0 spiro atoms. The number of carbonyl (C=O) groups is 1. The van der Waals surface area contributed by atoms with E-state index < -0.39 is 5.24 Å². The lowest BCUT2D eigenvalue weighted by Crippen LogP contribution is -1.90. The fourth-order valence-corrected chi connectivity index (χ4v) is 2.23. The maximum atomic E-state index is 10.8. The number of thiophene rings is 1. The number of halogens is 1. The van der Waals surface area contributed by atoms with Crippen molar-refractivity contribution in [3.05, 3.63) is 57.8 Å². The van der Waals surface area contributed by atoms with Crippen LogP contribution in [0.2, 0.25) is 0 Å². The summed E-state index contributed by atoms with van der Waals surface area (Å²) < 4.78 is 0. The number of rotatable bonds is 3. The van der Waals surface area contributed by atoms with Gasteiger partial charge in [0, 0.05) is 16.9 Å². The second-order valence-corrected chi connectivity index (χ2v) is 4.60. The standard InChI is InChI=1S/C12H9ClOS/c13-12(14)10-5-3-9(4-6-10)8-11-2-1-7-15-11/h1-7H,8H2. The van der Waals surface area contributed by atoms with Gasteiger partial charge < -0.3 is 0 Å². The zero-order valence-electron chi connectivity index (χ0n) is 7.94. The van der Waals surface area contributed by atoms with Gasteiger partial charge in [-0.1, -0.05) is 18.2 Å². The monoisotopic (exact) mass is 236 g/mol. The van der Waals surface area contributed by atoms with Crippen molar-refractivity contribution >= 4 is 28.2 Å². The molecule has 0 amide bonds. The maximum Gasteiger partial charge on any atom is 0.252 e. The predicted molar refractivity (Wildman–Crippen MR) is 63.8 cm³/mol. The van der Waals surface area contributed by atoms with Crippen molar-refractivity contribution in [2.75, 3.05) is 0 Å². The van der Waals surface area contributed by atoms with Crippen molar-refractivity contribution in [1.82, 2.24) is 0 Å². The highest BCUT2D eigenvalue weighted by atomic mass is 35.5. The first-order valence-electron chi connectivity index (χ1n) is 4.57. The molecule has 0 fully saturated rings. The zero-order valence-corrected chi connectivity index (χ0v) is 9.52. The molecule has 0 saturated heterocycles. The molecule has 0 N–H and O–H groups in total. The van der Waals surface area contributed by atoms with Gasteiger partial charge in [-0.2, -0.15) is 0 Å². The van der Waals surface area contributed by atoms with Crippen molar-refractivity contribution < 1.29 is 4.79 Å². The first-order valence-corrected chi connectivity index (χ1v) is 5.82. The SMILES string of the molecule is O=C(Cl)c1ccc(Cc2cccs2)cc1. The third kappa shape index (κ3) is 2.67. The summed E-state index contributed by atoms with van der Waals surface area (Å²) in [7, 11) is 0. The van der Waals surface area contributed by atoms with Crippen LogP contribution < -0.4 is 0 Å². The Kier molecular flexibility index (Phi) is 3.19. The van der Waals surface area contributed by atoms with Gasteiger partial charge in [0.1, 0.15) is 0 Å². The van der Waals surface area contributed by atoms with Crippen molar-refractivity contribution in [3.8, 4) is 0 Å². The molecule has 2 aromatic rings. The van der Waals surface area contributed by atoms with Crippen LogP contribution >= 0.6 is 22.9 Å². The summed E-state index contributed by atoms with van der Waals surface area (Å²) >= 11 is 7.10. The molecule has 15 heavy (non-hydrogen) atoms. The Morgan fingerprint density at radius 1 is 1.20 bits per heavy atom. The summed E-state index contributed by atoms with van der Waals surface area (Å²) in [5, 5.41) is 1.66. The molecule has 2 rings (SSSR count). The average molecular weight is 237 g/mol. The smallest absolute Gasteiger partial charge is 0.252 e. The normalized spacial score (nSPS) is 10.2. The van der Waals surface area contributed by atoms with Crippen LogP contribution in [0.4, 0.5) is 0 Å². The molecule has 0 aliphatic heterocycles. The molecule has 0 aliphatic rings. The van der Waals surface area contributed by atoms with Crippen molar-refractivity contribution in [3.63, 3.8) is 0 Å². The molecule has 1 aromatic carbocycles. The highest BCUT2D eigenvalue weighted by Gasteiger charge is 2.01. The number of hydrogen-bond donors (Lipinski definition) is 0. The zero-order chi connectivity index (χ0) is 10.7. The number of hydrogen-bond acceptors (Lipinski definition) is 2. The van der Waals surface area contributed by atoms with Crippen molar-refractivity contribution in [2.45, 2.75) is 6.42 Å². The average Bonchev–Trinajstić information content (AvgIpc) is 2.71. The lowest BCUT2D eigenvalue weighted by molar-refractivity contribution is 0.108. The maximum absolute atomic E-state index is 10.8. The van der Waals surface area contributed by atoms with Gasteiger partial charge in [0.15, 0.2) is 0 Å². The minimum Gasteiger partial charge on any atom is -0.276 e. The Morgan fingerprint density at radius 2 is 1.93 bits per heavy atom. The lowest BCUT2D eigenvalue weighted by Gasteiger charge is -1.99. The molecule has 1 heterocycles. The summed E-state index contributed by atoms with van der Waals surface area (Å²) in [6.07, 6.45) is 0.911. The molecular weight excluding hydrogens is 228 g/mol. The second-order valence-electron chi connectivity index (χ2n) is 3.23. The third-order valence-corrected chi connectivity index (χ3v) is 3.23. The van der Waals surface area contributed by atoms with E-state index >= 15 is 0 Å². The molecule has 0 saturated carbocycles. The Balaban J connectivity index is 2.14. The van der Waals surface area contributed by atoms with Crippen LogP contribution in [0.3, 0.4) is 0 Å². The molecule has 0 radical (unpaired) electrons. The third-order valence-electron chi connectivity index (χ3n) is 2.14. The van der Waals surface area contributed by atoms with Crippen LogP contribution in [-0.2, 0) is 6.42 Å². The highest BCUT2D eigenvalue weighted by Crippen LogP contribution is 2.15. The van der Waals surface area contributed by atoms with Gasteiger partial charge in [0.25, 0.3) is 5.24 Å². The van der Waals surface area contributed by atoms with Crippen LogP contribution in [-0.4, -0.2) is 5.24 Å². The van der Waals surface area contributed by atoms with E-state index in [-0.39, 0.29) is 0 Å². The summed E-state index contributed by atoms with van der Waals surface area (Å²) in [6.45, 7) is 0. The topological polar surface area (TPSA) is 17.1 Å². The minimum atomic E-state index is -0.405. The van der Waals surface area contributed by atoms with Gasteiger partial charge >= 0.3 is 0 Å². The van der Waals surface area contributed by atoms with E-state index in [4.69, 9.17) is 11.6 Å². The van der Waals surface area contributed by atoms with Gasteiger partial charge in [-0.15, -0.1) is 11.3 Å². The molecule has 76 valence electrons. The van der Waals surface area contributed by atoms with Gasteiger partial charge in [0.05, 0.1) is 0 Å². The fraction of sp³-hybridized carbons (Fsp3) is 0.0833. The molecular formula is C12H9ClOS. The molecule has 3 heteroatoms. The first-order chi connectivity index (χ1) is 7.25. The van der Waals surface area contributed by atoms with Crippen LogP contribution in [0.25, 0.3) is 0 Å². The first kappa shape index (κ1) is 10.4. The quantitative estimate of drug-likeness (QED) is 0.743. The van der Waals surface area contributed by atoms with Crippen LogP contribution in [0.1, 0.15) is 20.8 Å². The Hall–Kier alpha value is -1.12. The van der Waals surface area contributed by atoms with Gasteiger partial charge in [-0.05, 0) is 40.7 Å². The Bertz CT molecular complexity index is 445. The molecule has 1 aromatic heterocycles. The largest absolute Gasteiger partial charge is 0.276 e. The molecule has 0 bridgehead atoms. The van der Waals surface area contributed by atoms with E-state index in [0.29, 0.717) is 5.56 Å². The van der Waals surface area contributed by atoms with Gasteiger partial charge in [-0.3, -0.25) is 4.79 Å². The molecule has 0 atom stereocenters. The van der Waals surface area contributed by atoms with Crippen LogP contribution in [0.15, 0.2) is 41.8 Å². The van der Waals surface area contributed by atoms with Crippen LogP contribution in [0.5, 0.6) is 0 Å².